The summed E-state index contributed by atoms with van der Waals surface area (Å²) in [6, 6.07) is 5.78. The van der Waals surface area contributed by atoms with Crippen LogP contribution in [0.2, 0.25) is 5.02 Å². The Bertz CT molecular complexity index is 612. The zero-order valence-corrected chi connectivity index (χ0v) is 17.9. The Hall–Kier alpha value is -1.22. The van der Waals surface area contributed by atoms with Gasteiger partial charge >= 0.3 is 0 Å². The van der Waals surface area contributed by atoms with Gasteiger partial charge in [0.15, 0.2) is 5.96 Å². The molecule has 6 nitrogen and oxygen atoms in total. The van der Waals surface area contributed by atoms with Crippen molar-refractivity contribution in [2.24, 2.45) is 4.99 Å². The van der Waals surface area contributed by atoms with Gasteiger partial charge in [-0.1, -0.05) is 24.6 Å². The Labute approximate surface area is 171 Å². The fraction of sp³-hybridized carbons (Fsp3) is 0.529. The molecule has 0 radical (unpaired) electrons. The molecule has 0 aromatic heterocycles. The minimum Gasteiger partial charge on any atom is -0.496 e. The molecule has 1 aliphatic rings. The molecule has 0 saturated carbocycles. The number of benzene rings is 1. The molecule has 8 heteroatoms. The highest BCUT2D eigenvalue weighted by Gasteiger charge is 2.25. The summed E-state index contributed by atoms with van der Waals surface area (Å²) < 4.78 is 5.35. The molecule has 1 amide bonds. The van der Waals surface area contributed by atoms with Gasteiger partial charge in [-0.15, -0.1) is 24.0 Å². The maximum Gasteiger partial charge on any atom is 0.222 e. The average Bonchev–Trinajstić information content (AvgIpc) is 3.07. The molecule has 0 aliphatic carbocycles. The normalized spacial score (nSPS) is 17.0. The molecule has 2 N–H and O–H groups in total. The van der Waals surface area contributed by atoms with Crippen LogP contribution >= 0.6 is 35.6 Å². The van der Waals surface area contributed by atoms with E-state index in [9.17, 15) is 4.79 Å². The van der Waals surface area contributed by atoms with E-state index >= 15 is 0 Å². The molecule has 1 aromatic rings. The second kappa shape index (κ2) is 10.7. The van der Waals surface area contributed by atoms with E-state index in [-0.39, 0.29) is 35.9 Å². The van der Waals surface area contributed by atoms with Crippen molar-refractivity contribution in [1.82, 2.24) is 15.5 Å². The van der Waals surface area contributed by atoms with Gasteiger partial charge in [0, 0.05) is 49.7 Å². The Kier molecular flexibility index (Phi) is 9.34. The minimum atomic E-state index is 0. The van der Waals surface area contributed by atoms with E-state index in [2.05, 4.69) is 15.6 Å². The number of nitrogens with one attached hydrogen (secondary N) is 2. The number of guanidine groups is 1. The van der Waals surface area contributed by atoms with Crippen molar-refractivity contribution < 1.29 is 9.53 Å². The van der Waals surface area contributed by atoms with Crippen LogP contribution in [0.25, 0.3) is 0 Å². The summed E-state index contributed by atoms with van der Waals surface area (Å²) in [4.78, 5) is 17.9. The van der Waals surface area contributed by atoms with Crippen molar-refractivity contribution in [2.45, 2.75) is 32.4 Å². The summed E-state index contributed by atoms with van der Waals surface area (Å²) in [7, 11) is 3.36. The molecule has 1 heterocycles. The van der Waals surface area contributed by atoms with Gasteiger partial charge in [0.25, 0.3) is 0 Å². The zero-order valence-electron chi connectivity index (χ0n) is 14.8. The van der Waals surface area contributed by atoms with Gasteiger partial charge in [0.1, 0.15) is 5.75 Å². The second-order valence-electron chi connectivity index (χ2n) is 5.71. The number of carbonyl (C=O) groups excluding carboxylic acids is 1. The number of methoxy groups -OCH3 is 1. The lowest BCUT2D eigenvalue weighted by Gasteiger charge is -2.19. The summed E-state index contributed by atoms with van der Waals surface area (Å²) in [5, 5.41) is 7.29. The summed E-state index contributed by atoms with van der Waals surface area (Å²) >= 11 is 5.98. The van der Waals surface area contributed by atoms with Gasteiger partial charge in [0.05, 0.1) is 7.11 Å². The third-order valence-electron chi connectivity index (χ3n) is 4.10. The largest absolute Gasteiger partial charge is 0.496 e. The standard InChI is InChI=1S/C17H25ClN4O2.HI/c1-4-16(23)22-8-7-14(11-22)21-17(19-2)20-10-12-5-6-13(18)9-15(12)24-3;/h5-6,9,14H,4,7-8,10-11H2,1-3H3,(H2,19,20,21);1H. The molecule has 1 atom stereocenters. The fourth-order valence-corrected chi connectivity index (χ4v) is 2.92. The first kappa shape index (κ1) is 21.8. The van der Waals surface area contributed by atoms with Crippen LogP contribution in [0.1, 0.15) is 25.3 Å². The van der Waals surface area contributed by atoms with E-state index in [4.69, 9.17) is 16.3 Å². The van der Waals surface area contributed by atoms with E-state index < -0.39 is 0 Å². The Morgan fingerprint density at radius 3 is 2.88 bits per heavy atom. The molecule has 1 fully saturated rings. The Morgan fingerprint density at radius 2 is 2.24 bits per heavy atom. The highest BCUT2D eigenvalue weighted by atomic mass is 127. The molecular formula is C17H26ClIN4O2. The maximum atomic E-state index is 11.8. The first-order valence-corrected chi connectivity index (χ1v) is 8.52. The van der Waals surface area contributed by atoms with E-state index in [1.54, 1.807) is 20.2 Å². The van der Waals surface area contributed by atoms with Gasteiger partial charge < -0.3 is 20.3 Å². The van der Waals surface area contributed by atoms with Gasteiger partial charge in [0.2, 0.25) is 5.91 Å². The monoisotopic (exact) mass is 480 g/mol. The number of rotatable bonds is 5. The van der Waals surface area contributed by atoms with E-state index in [0.717, 1.165) is 30.8 Å². The van der Waals surface area contributed by atoms with Crippen molar-refractivity contribution >= 4 is 47.4 Å². The molecular weight excluding hydrogens is 455 g/mol. The van der Waals surface area contributed by atoms with Gasteiger partial charge in [-0.05, 0) is 18.6 Å². The van der Waals surface area contributed by atoms with Crippen molar-refractivity contribution in [3.63, 3.8) is 0 Å². The van der Waals surface area contributed by atoms with Crippen LogP contribution in [0.4, 0.5) is 0 Å². The smallest absolute Gasteiger partial charge is 0.222 e. The predicted octanol–water partition coefficient (Wildman–Crippen LogP) is 2.64. The number of halogens is 2. The lowest BCUT2D eigenvalue weighted by Crippen LogP contribution is -2.44. The third-order valence-corrected chi connectivity index (χ3v) is 4.34. The third kappa shape index (κ3) is 6.22. The number of likely N-dealkylation sites (tertiary alicyclic amines) is 1. The number of hydrogen-bond acceptors (Lipinski definition) is 3. The first-order valence-electron chi connectivity index (χ1n) is 8.14. The molecule has 1 saturated heterocycles. The number of carbonyl (C=O) groups is 1. The minimum absolute atomic E-state index is 0. The highest BCUT2D eigenvalue weighted by Crippen LogP contribution is 2.22. The first-order chi connectivity index (χ1) is 11.6. The quantitative estimate of drug-likeness (QED) is 0.386. The van der Waals surface area contributed by atoms with Crippen LogP contribution in [-0.4, -0.2) is 50.1 Å². The Morgan fingerprint density at radius 1 is 1.48 bits per heavy atom. The molecule has 1 aromatic carbocycles. The average molecular weight is 481 g/mol. The van der Waals surface area contributed by atoms with Crippen molar-refractivity contribution in [2.75, 3.05) is 27.2 Å². The van der Waals surface area contributed by atoms with Crippen LogP contribution in [-0.2, 0) is 11.3 Å². The van der Waals surface area contributed by atoms with Crippen LogP contribution < -0.4 is 15.4 Å². The number of ether oxygens (including phenoxy) is 1. The second-order valence-corrected chi connectivity index (χ2v) is 6.14. The maximum absolute atomic E-state index is 11.8. The Balaban J connectivity index is 0.00000312. The summed E-state index contributed by atoms with van der Waals surface area (Å²) in [6.07, 6.45) is 1.48. The fourth-order valence-electron chi connectivity index (χ4n) is 2.76. The summed E-state index contributed by atoms with van der Waals surface area (Å²) in [5.74, 6) is 1.65. The molecule has 1 unspecified atom stereocenters. The van der Waals surface area contributed by atoms with Crippen molar-refractivity contribution in [3.05, 3.63) is 28.8 Å². The highest BCUT2D eigenvalue weighted by molar-refractivity contribution is 14.0. The number of nitrogens with zero attached hydrogens (tertiary/aromatic N) is 2. The summed E-state index contributed by atoms with van der Waals surface area (Å²) in [5.41, 5.74) is 0.999. The number of hydrogen-bond donors (Lipinski definition) is 2. The van der Waals surface area contributed by atoms with Crippen LogP contribution in [0.15, 0.2) is 23.2 Å². The SMILES string of the molecule is CCC(=O)N1CCC(NC(=NC)NCc2ccc(Cl)cc2OC)C1.I. The van der Waals surface area contributed by atoms with Crippen LogP contribution in [0, 0.1) is 0 Å². The molecule has 0 spiro atoms. The van der Waals surface area contributed by atoms with E-state index in [0.29, 0.717) is 23.9 Å². The molecule has 0 bridgehead atoms. The van der Waals surface area contributed by atoms with Gasteiger partial charge in [-0.3, -0.25) is 9.79 Å². The van der Waals surface area contributed by atoms with E-state index in [1.165, 1.54) is 0 Å². The summed E-state index contributed by atoms with van der Waals surface area (Å²) in [6.45, 7) is 3.98. The molecule has 25 heavy (non-hydrogen) atoms. The van der Waals surface area contributed by atoms with E-state index in [1.807, 2.05) is 24.0 Å². The van der Waals surface area contributed by atoms with Crippen molar-refractivity contribution in [3.8, 4) is 5.75 Å². The predicted molar refractivity (Wildman–Crippen MR) is 112 cm³/mol. The van der Waals surface area contributed by atoms with Crippen LogP contribution in [0.3, 0.4) is 0 Å². The van der Waals surface area contributed by atoms with Crippen LogP contribution in [0.5, 0.6) is 5.75 Å². The topological polar surface area (TPSA) is 66.0 Å². The zero-order chi connectivity index (χ0) is 17.5. The molecule has 2 rings (SSSR count). The molecule has 1 aliphatic heterocycles. The lowest BCUT2D eigenvalue weighted by atomic mass is 10.2. The lowest BCUT2D eigenvalue weighted by molar-refractivity contribution is -0.129. The number of aliphatic imine (C=N–C) groups is 1. The van der Waals surface area contributed by atoms with Crippen molar-refractivity contribution in [1.29, 1.82) is 0 Å². The van der Waals surface area contributed by atoms with Gasteiger partial charge in [-0.25, -0.2) is 0 Å². The van der Waals surface area contributed by atoms with Gasteiger partial charge in [-0.2, -0.15) is 0 Å². The molecule has 140 valence electrons. The number of amides is 1.